The van der Waals surface area contributed by atoms with Crippen LogP contribution in [0.4, 0.5) is 10.1 Å². The van der Waals surface area contributed by atoms with Gasteiger partial charge in [-0.15, -0.1) is 0 Å². The SMILES string of the molecule is CCOc1ccc(C=Nc2ccc(F)c(C)c2)cc1I. The van der Waals surface area contributed by atoms with Crippen LogP contribution in [0.2, 0.25) is 0 Å². The van der Waals surface area contributed by atoms with Crippen LogP contribution < -0.4 is 4.74 Å². The van der Waals surface area contributed by atoms with E-state index in [4.69, 9.17) is 4.74 Å². The van der Waals surface area contributed by atoms with Gasteiger partial charge in [-0.25, -0.2) is 4.39 Å². The highest BCUT2D eigenvalue weighted by molar-refractivity contribution is 14.1. The number of rotatable bonds is 4. The first-order chi connectivity index (χ1) is 9.60. The molecule has 0 amide bonds. The van der Waals surface area contributed by atoms with Crippen LogP contribution in [0.25, 0.3) is 0 Å². The number of ether oxygens (including phenoxy) is 1. The van der Waals surface area contributed by atoms with Gasteiger partial charge in [0.1, 0.15) is 11.6 Å². The molecular formula is C16H15FINO. The molecule has 20 heavy (non-hydrogen) atoms. The molecule has 0 spiro atoms. The van der Waals surface area contributed by atoms with Gasteiger partial charge in [0, 0.05) is 6.21 Å². The fourth-order valence-corrected chi connectivity index (χ4v) is 2.42. The molecule has 0 saturated carbocycles. The molecule has 0 unspecified atom stereocenters. The Kier molecular flexibility index (Phi) is 5.11. The van der Waals surface area contributed by atoms with E-state index in [-0.39, 0.29) is 5.82 Å². The van der Waals surface area contributed by atoms with Gasteiger partial charge < -0.3 is 4.74 Å². The van der Waals surface area contributed by atoms with E-state index in [9.17, 15) is 4.39 Å². The van der Waals surface area contributed by atoms with Crippen LogP contribution >= 0.6 is 22.6 Å². The molecule has 0 aliphatic rings. The largest absolute Gasteiger partial charge is 0.493 e. The lowest BCUT2D eigenvalue weighted by Gasteiger charge is -2.05. The van der Waals surface area contributed by atoms with Gasteiger partial charge in [0.05, 0.1) is 15.9 Å². The van der Waals surface area contributed by atoms with Crippen molar-refractivity contribution in [2.75, 3.05) is 6.61 Å². The summed E-state index contributed by atoms with van der Waals surface area (Å²) >= 11 is 2.24. The van der Waals surface area contributed by atoms with E-state index in [1.54, 1.807) is 25.3 Å². The van der Waals surface area contributed by atoms with Crippen LogP contribution in [0.5, 0.6) is 5.75 Å². The van der Waals surface area contributed by atoms with Crippen molar-refractivity contribution >= 4 is 34.5 Å². The average Bonchev–Trinajstić information content (AvgIpc) is 2.43. The highest BCUT2D eigenvalue weighted by atomic mass is 127. The van der Waals surface area contributed by atoms with Gasteiger partial charge in [0.15, 0.2) is 0 Å². The van der Waals surface area contributed by atoms with Gasteiger partial charge in [-0.3, -0.25) is 4.99 Å². The lowest BCUT2D eigenvalue weighted by molar-refractivity contribution is 0.338. The first-order valence-electron chi connectivity index (χ1n) is 6.32. The lowest BCUT2D eigenvalue weighted by Crippen LogP contribution is -1.94. The predicted molar refractivity (Wildman–Crippen MR) is 88.7 cm³/mol. The summed E-state index contributed by atoms with van der Waals surface area (Å²) in [5.41, 5.74) is 2.33. The van der Waals surface area contributed by atoms with Crippen LogP contribution in [-0.2, 0) is 0 Å². The molecule has 0 atom stereocenters. The van der Waals surface area contributed by atoms with Gasteiger partial charge >= 0.3 is 0 Å². The number of hydrogen-bond acceptors (Lipinski definition) is 2. The Labute approximate surface area is 131 Å². The van der Waals surface area contributed by atoms with Gasteiger partial charge in [0.2, 0.25) is 0 Å². The number of benzene rings is 2. The molecule has 0 fully saturated rings. The summed E-state index contributed by atoms with van der Waals surface area (Å²) in [4.78, 5) is 4.36. The molecule has 4 heteroatoms. The van der Waals surface area contributed by atoms with Crippen LogP contribution in [-0.4, -0.2) is 12.8 Å². The van der Waals surface area contributed by atoms with Crippen LogP contribution in [0.15, 0.2) is 41.4 Å². The Hall–Kier alpha value is -1.43. The Morgan fingerprint density at radius 2 is 2.05 bits per heavy atom. The fraction of sp³-hybridized carbons (Fsp3) is 0.188. The summed E-state index contributed by atoms with van der Waals surface area (Å²) in [6.45, 7) is 4.34. The summed E-state index contributed by atoms with van der Waals surface area (Å²) in [5.74, 6) is 0.669. The first-order valence-corrected chi connectivity index (χ1v) is 7.40. The molecule has 0 aliphatic carbocycles. The van der Waals surface area contributed by atoms with Gasteiger partial charge in [-0.1, -0.05) is 0 Å². The first kappa shape index (κ1) is 15.0. The number of nitrogens with zero attached hydrogens (tertiary/aromatic N) is 1. The quantitative estimate of drug-likeness (QED) is 0.544. The minimum absolute atomic E-state index is 0.209. The average molecular weight is 383 g/mol. The van der Waals surface area contributed by atoms with E-state index in [1.807, 2.05) is 25.1 Å². The highest BCUT2D eigenvalue weighted by Gasteiger charge is 2.01. The topological polar surface area (TPSA) is 21.6 Å². The molecule has 0 N–H and O–H groups in total. The zero-order chi connectivity index (χ0) is 14.5. The molecule has 0 aromatic heterocycles. The van der Waals surface area contributed by atoms with E-state index < -0.39 is 0 Å². The molecule has 0 saturated heterocycles. The summed E-state index contributed by atoms with van der Waals surface area (Å²) < 4.78 is 19.7. The van der Waals surface area contributed by atoms with Crippen LogP contribution in [0.3, 0.4) is 0 Å². The molecule has 0 heterocycles. The smallest absolute Gasteiger partial charge is 0.132 e. The predicted octanol–water partition coefficient (Wildman–Crippen LogP) is 4.89. The second-order valence-corrected chi connectivity index (χ2v) is 5.48. The summed E-state index contributed by atoms with van der Waals surface area (Å²) in [6.07, 6.45) is 1.77. The molecule has 2 aromatic rings. The van der Waals surface area contributed by atoms with Gasteiger partial charge in [0.25, 0.3) is 0 Å². The van der Waals surface area contributed by atoms with Crippen molar-refractivity contribution in [1.82, 2.24) is 0 Å². The van der Waals surface area contributed by atoms with Crippen molar-refractivity contribution in [3.05, 3.63) is 56.9 Å². The molecule has 0 radical (unpaired) electrons. The number of hydrogen-bond donors (Lipinski definition) is 0. The Bertz CT molecular complexity index is 640. The lowest BCUT2D eigenvalue weighted by atomic mass is 10.2. The summed E-state index contributed by atoms with van der Waals surface area (Å²) in [7, 11) is 0. The van der Waals surface area contributed by atoms with Crippen LogP contribution in [0, 0.1) is 16.3 Å². The van der Waals surface area contributed by atoms with Gasteiger partial charge in [-0.05, 0) is 84.0 Å². The van der Waals surface area contributed by atoms with E-state index in [0.29, 0.717) is 12.2 Å². The Balaban J connectivity index is 2.18. The maximum atomic E-state index is 13.2. The van der Waals surface area contributed by atoms with Crippen molar-refractivity contribution in [3.8, 4) is 5.75 Å². The monoisotopic (exact) mass is 383 g/mol. The number of aliphatic imine (C=N–C) groups is 1. The second-order valence-electron chi connectivity index (χ2n) is 4.31. The maximum Gasteiger partial charge on any atom is 0.132 e. The standard InChI is InChI=1S/C16H15FINO/c1-3-20-16-7-4-12(9-15(16)18)10-19-13-5-6-14(17)11(2)8-13/h4-10H,3H2,1-2H3. The van der Waals surface area contributed by atoms with E-state index in [1.165, 1.54) is 6.07 Å². The third-order valence-corrected chi connectivity index (χ3v) is 3.60. The van der Waals surface area contributed by atoms with Crippen LogP contribution in [0.1, 0.15) is 18.1 Å². The van der Waals surface area contributed by atoms with Crippen molar-refractivity contribution in [3.63, 3.8) is 0 Å². The number of aryl methyl sites for hydroxylation is 1. The van der Waals surface area contributed by atoms with E-state index in [2.05, 4.69) is 27.6 Å². The summed E-state index contributed by atoms with van der Waals surface area (Å²) in [5, 5.41) is 0. The Morgan fingerprint density at radius 1 is 1.25 bits per heavy atom. The molecule has 104 valence electrons. The third-order valence-electron chi connectivity index (χ3n) is 2.76. The highest BCUT2D eigenvalue weighted by Crippen LogP contribution is 2.22. The van der Waals surface area contributed by atoms with E-state index >= 15 is 0 Å². The second kappa shape index (κ2) is 6.83. The molecule has 2 rings (SSSR count). The molecular weight excluding hydrogens is 368 g/mol. The maximum absolute atomic E-state index is 13.2. The normalized spacial score (nSPS) is 11.0. The molecule has 2 nitrogen and oxygen atoms in total. The van der Waals surface area contributed by atoms with Gasteiger partial charge in [-0.2, -0.15) is 0 Å². The zero-order valence-corrected chi connectivity index (χ0v) is 13.5. The fourth-order valence-electron chi connectivity index (χ4n) is 1.73. The molecule has 0 bridgehead atoms. The molecule has 0 aliphatic heterocycles. The van der Waals surface area contributed by atoms with Crippen molar-refractivity contribution in [2.45, 2.75) is 13.8 Å². The summed E-state index contributed by atoms with van der Waals surface area (Å²) in [6, 6.07) is 10.7. The minimum Gasteiger partial charge on any atom is -0.493 e. The molecule has 2 aromatic carbocycles. The van der Waals surface area contributed by atoms with Crippen molar-refractivity contribution in [2.24, 2.45) is 4.99 Å². The van der Waals surface area contributed by atoms with Crippen molar-refractivity contribution < 1.29 is 9.13 Å². The van der Waals surface area contributed by atoms with Crippen molar-refractivity contribution in [1.29, 1.82) is 0 Å². The number of halogens is 2. The minimum atomic E-state index is -0.209. The Morgan fingerprint density at radius 3 is 2.70 bits per heavy atom. The zero-order valence-electron chi connectivity index (χ0n) is 11.4. The third kappa shape index (κ3) is 3.79. The van der Waals surface area contributed by atoms with E-state index in [0.717, 1.165) is 20.6 Å².